The Kier molecular flexibility index (Phi) is 3.18. The van der Waals surface area contributed by atoms with E-state index in [9.17, 15) is 0 Å². The van der Waals surface area contributed by atoms with Crippen LogP contribution >= 0.6 is 11.6 Å². The molecule has 0 fully saturated rings. The van der Waals surface area contributed by atoms with Crippen LogP contribution in [0.3, 0.4) is 0 Å². The third-order valence-corrected chi connectivity index (χ3v) is 3.40. The molecule has 0 unspecified atom stereocenters. The summed E-state index contributed by atoms with van der Waals surface area (Å²) in [5.74, 6) is 0.819. The molecule has 0 amide bonds. The largest absolute Gasteiger partial charge is 0.487 e. The molecule has 0 aliphatic rings. The number of halogens is 1. The summed E-state index contributed by atoms with van der Waals surface area (Å²) >= 11 is 5.84. The van der Waals surface area contributed by atoms with E-state index in [1.165, 1.54) is 10.9 Å². The fourth-order valence-corrected chi connectivity index (χ4v) is 2.26. The van der Waals surface area contributed by atoms with Crippen molar-refractivity contribution in [1.82, 2.24) is 4.98 Å². The van der Waals surface area contributed by atoms with Crippen LogP contribution in [0.1, 0.15) is 11.3 Å². The van der Waals surface area contributed by atoms with Crippen molar-refractivity contribution in [1.29, 1.82) is 0 Å². The first-order chi connectivity index (χ1) is 9.22. The van der Waals surface area contributed by atoms with Gasteiger partial charge in [0, 0.05) is 15.9 Å². The van der Waals surface area contributed by atoms with Gasteiger partial charge in [-0.3, -0.25) is 0 Å². The van der Waals surface area contributed by atoms with Gasteiger partial charge in [-0.2, -0.15) is 0 Å². The number of rotatable bonds is 3. The predicted molar refractivity (Wildman–Crippen MR) is 78.8 cm³/mol. The van der Waals surface area contributed by atoms with Gasteiger partial charge in [-0.15, -0.1) is 0 Å². The second-order valence-electron chi connectivity index (χ2n) is 4.57. The zero-order chi connectivity index (χ0) is 13.2. The fourth-order valence-electron chi connectivity index (χ4n) is 2.13. The molecule has 2 aromatic carbocycles. The highest BCUT2D eigenvalue weighted by Gasteiger charge is 2.03. The number of benzene rings is 2. The first-order valence-electron chi connectivity index (χ1n) is 6.18. The van der Waals surface area contributed by atoms with Gasteiger partial charge in [-0.25, -0.2) is 0 Å². The number of nitrogens with one attached hydrogen (secondary N) is 1. The third-order valence-electron chi connectivity index (χ3n) is 3.15. The lowest BCUT2D eigenvalue weighted by Gasteiger charge is -2.04. The van der Waals surface area contributed by atoms with Crippen molar-refractivity contribution < 1.29 is 4.74 Å². The van der Waals surface area contributed by atoms with E-state index in [4.69, 9.17) is 16.3 Å². The zero-order valence-electron chi connectivity index (χ0n) is 10.6. The normalized spacial score (nSPS) is 10.8. The highest BCUT2D eigenvalue weighted by molar-refractivity contribution is 6.30. The van der Waals surface area contributed by atoms with Gasteiger partial charge >= 0.3 is 0 Å². The summed E-state index contributed by atoms with van der Waals surface area (Å²) < 4.78 is 5.73. The molecule has 0 aliphatic carbocycles. The minimum atomic E-state index is 0.524. The van der Waals surface area contributed by atoms with Crippen molar-refractivity contribution in [3.63, 3.8) is 0 Å². The van der Waals surface area contributed by atoms with Crippen LogP contribution in [0.25, 0.3) is 10.9 Å². The molecule has 0 aliphatic heterocycles. The Morgan fingerprint density at radius 2 is 1.89 bits per heavy atom. The van der Waals surface area contributed by atoms with Gasteiger partial charge in [0.25, 0.3) is 0 Å². The molecule has 1 heterocycles. The third kappa shape index (κ3) is 2.59. The van der Waals surface area contributed by atoms with E-state index in [0.29, 0.717) is 11.6 Å². The number of H-pyrrole nitrogens is 1. The first kappa shape index (κ1) is 12.1. The number of aromatic amines is 1. The number of ether oxygens (including phenoxy) is 1. The van der Waals surface area contributed by atoms with Gasteiger partial charge < -0.3 is 9.72 Å². The minimum Gasteiger partial charge on any atom is -0.487 e. The van der Waals surface area contributed by atoms with Crippen LogP contribution in [0.2, 0.25) is 5.02 Å². The van der Waals surface area contributed by atoms with Gasteiger partial charge in [0.15, 0.2) is 0 Å². The van der Waals surface area contributed by atoms with Crippen LogP contribution in [0.4, 0.5) is 0 Å². The number of hydrogen-bond acceptors (Lipinski definition) is 1. The van der Waals surface area contributed by atoms with Crippen LogP contribution in [-0.4, -0.2) is 4.98 Å². The number of aryl methyl sites for hydroxylation is 1. The Morgan fingerprint density at radius 1 is 1.11 bits per heavy atom. The second kappa shape index (κ2) is 4.98. The summed E-state index contributed by atoms with van der Waals surface area (Å²) in [7, 11) is 0. The predicted octanol–water partition coefficient (Wildman–Crippen LogP) is 4.71. The van der Waals surface area contributed by atoms with E-state index in [0.717, 1.165) is 17.0 Å². The van der Waals surface area contributed by atoms with E-state index >= 15 is 0 Å². The molecule has 3 rings (SSSR count). The van der Waals surface area contributed by atoms with Gasteiger partial charge in [-0.05, 0) is 48.9 Å². The molecule has 96 valence electrons. The molecular weight excluding hydrogens is 258 g/mol. The standard InChI is InChI=1S/C16H14ClNO/c1-11-3-2-4-16-15(11)9-13(18-16)10-19-14-7-5-12(17)6-8-14/h2-9,18H,10H2,1H3. The molecule has 0 atom stereocenters. The van der Waals surface area contributed by atoms with Crippen LogP contribution in [-0.2, 0) is 6.61 Å². The van der Waals surface area contributed by atoms with Crippen molar-refractivity contribution in [2.24, 2.45) is 0 Å². The highest BCUT2D eigenvalue weighted by atomic mass is 35.5. The summed E-state index contributed by atoms with van der Waals surface area (Å²) in [5.41, 5.74) is 3.49. The average Bonchev–Trinajstić information content (AvgIpc) is 2.83. The summed E-state index contributed by atoms with van der Waals surface area (Å²) in [5, 5.41) is 1.96. The molecule has 19 heavy (non-hydrogen) atoms. The van der Waals surface area contributed by atoms with Crippen molar-refractivity contribution in [3.8, 4) is 5.75 Å². The fraction of sp³-hybridized carbons (Fsp3) is 0.125. The lowest BCUT2D eigenvalue weighted by Crippen LogP contribution is -1.94. The van der Waals surface area contributed by atoms with E-state index < -0.39 is 0 Å². The Bertz CT molecular complexity index is 700. The molecule has 0 saturated heterocycles. The Labute approximate surface area is 117 Å². The van der Waals surface area contributed by atoms with Gasteiger partial charge in [0.2, 0.25) is 0 Å². The van der Waals surface area contributed by atoms with Gasteiger partial charge in [0.05, 0.1) is 5.69 Å². The van der Waals surface area contributed by atoms with Gasteiger partial charge in [0.1, 0.15) is 12.4 Å². The van der Waals surface area contributed by atoms with Crippen LogP contribution < -0.4 is 4.74 Å². The molecule has 3 heteroatoms. The van der Waals surface area contributed by atoms with E-state index in [2.05, 4.69) is 36.2 Å². The molecule has 3 aromatic rings. The zero-order valence-corrected chi connectivity index (χ0v) is 11.4. The molecule has 2 nitrogen and oxygen atoms in total. The van der Waals surface area contributed by atoms with Crippen molar-refractivity contribution >= 4 is 22.5 Å². The molecule has 0 spiro atoms. The van der Waals surface area contributed by atoms with Crippen LogP contribution in [0, 0.1) is 6.92 Å². The maximum absolute atomic E-state index is 5.84. The first-order valence-corrected chi connectivity index (χ1v) is 6.56. The SMILES string of the molecule is Cc1cccc2[nH]c(COc3ccc(Cl)cc3)cc12. The van der Waals surface area contributed by atoms with E-state index in [1.807, 2.05) is 24.3 Å². The summed E-state index contributed by atoms with van der Waals surface area (Å²) in [4.78, 5) is 3.37. The van der Waals surface area contributed by atoms with Crippen LogP contribution in [0.15, 0.2) is 48.5 Å². The highest BCUT2D eigenvalue weighted by Crippen LogP contribution is 2.21. The number of hydrogen-bond donors (Lipinski definition) is 1. The second-order valence-corrected chi connectivity index (χ2v) is 5.01. The molecule has 0 saturated carbocycles. The van der Waals surface area contributed by atoms with E-state index in [-0.39, 0.29) is 0 Å². The average molecular weight is 272 g/mol. The molecule has 0 bridgehead atoms. The Balaban J connectivity index is 1.78. The number of aromatic nitrogens is 1. The monoisotopic (exact) mass is 271 g/mol. The summed E-state index contributed by atoms with van der Waals surface area (Å²) in [6.07, 6.45) is 0. The maximum Gasteiger partial charge on any atom is 0.128 e. The van der Waals surface area contributed by atoms with E-state index in [1.54, 1.807) is 0 Å². The summed E-state index contributed by atoms with van der Waals surface area (Å²) in [6, 6.07) is 15.8. The van der Waals surface area contributed by atoms with Crippen LogP contribution in [0.5, 0.6) is 5.75 Å². The molecule has 0 radical (unpaired) electrons. The Morgan fingerprint density at radius 3 is 2.63 bits per heavy atom. The number of fused-ring (bicyclic) bond motifs is 1. The molecule has 1 aromatic heterocycles. The van der Waals surface area contributed by atoms with Crippen molar-refractivity contribution in [2.45, 2.75) is 13.5 Å². The Hall–Kier alpha value is -1.93. The quantitative estimate of drug-likeness (QED) is 0.733. The van der Waals surface area contributed by atoms with Crippen molar-refractivity contribution in [3.05, 3.63) is 64.8 Å². The minimum absolute atomic E-state index is 0.524. The summed E-state index contributed by atoms with van der Waals surface area (Å²) in [6.45, 7) is 2.63. The molecular formula is C16H14ClNO. The topological polar surface area (TPSA) is 25.0 Å². The maximum atomic E-state index is 5.84. The molecule has 1 N–H and O–H groups in total. The lowest BCUT2D eigenvalue weighted by atomic mass is 10.1. The van der Waals surface area contributed by atoms with Gasteiger partial charge in [-0.1, -0.05) is 23.7 Å². The lowest BCUT2D eigenvalue weighted by molar-refractivity contribution is 0.302. The smallest absolute Gasteiger partial charge is 0.128 e. The van der Waals surface area contributed by atoms with Crippen molar-refractivity contribution in [2.75, 3.05) is 0 Å².